The molecule has 138 valence electrons. The van der Waals surface area contributed by atoms with Crippen LogP contribution in [0.15, 0.2) is 36.5 Å². The lowest BCUT2D eigenvalue weighted by Gasteiger charge is -2.02. The van der Waals surface area contributed by atoms with Gasteiger partial charge in [0.15, 0.2) is 5.95 Å². The van der Waals surface area contributed by atoms with Gasteiger partial charge in [-0.2, -0.15) is 0 Å². The summed E-state index contributed by atoms with van der Waals surface area (Å²) in [7, 11) is 1.67. The number of imidazole rings is 2. The van der Waals surface area contributed by atoms with Crippen molar-refractivity contribution < 1.29 is 4.74 Å². The van der Waals surface area contributed by atoms with E-state index in [-0.39, 0.29) is 24.8 Å². The van der Waals surface area contributed by atoms with Crippen LogP contribution in [0.3, 0.4) is 0 Å². The van der Waals surface area contributed by atoms with Crippen molar-refractivity contribution in [1.29, 1.82) is 0 Å². The number of fused-ring (bicyclic) bond motifs is 2. The molecule has 0 saturated heterocycles. The molecule has 0 aliphatic heterocycles. The highest BCUT2D eigenvalue weighted by Crippen LogP contribution is 2.20. The van der Waals surface area contributed by atoms with Crippen LogP contribution >= 0.6 is 24.8 Å². The van der Waals surface area contributed by atoms with E-state index in [1.54, 1.807) is 7.11 Å². The molecule has 0 atom stereocenters. The summed E-state index contributed by atoms with van der Waals surface area (Å²) in [4.78, 5) is 12.1. The van der Waals surface area contributed by atoms with Gasteiger partial charge in [0, 0.05) is 18.0 Å². The fraction of sp³-hybridized carbons (Fsp3) is 0.222. The average Bonchev–Trinajstić information content (AvgIpc) is 3.11. The monoisotopic (exact) mass is 393 g/mol. The predicted octanol–water partition coefficient (Wildman–Crippen LogP) is 3.74. The van der Waals surface area contributed by atoms with Crippen molar-refractivity contribution in [3.05, 3.63) is 53.5 Å². The molecule has 0 spiro atoms. The van der Waals surface area contributed by atoms with E-state index in [0.29, 0.717) is 5.95 Å². The van der Waals surface area contributed by atoms with E-state index in [4.69, 9.17) is 15.5 Å². The molecule has 0 aliphatic rings. The average molecular weight is 394 g/mol. The number of anilines is 1. The van der Waals surface area contributed by atoms with Gasteiger partial charge in [-0.15, -0.1) is 24.8 Å². The number of ether oxygens (including phenoxy) is 1. The minimum absolute atomic E-state index is 0. The summed E-state index contributed by atoms with van der Waals surface area (Å²) in [6.07, 6.45) is 3.78. The zero-order valence-electron chi connectivity index (χ0n) is 14.5. The van der Waals surface area contributed by atoms with Gasteiger partial charge in [0.2, 0.25) is 0 Å². The Balaban J connectivity index is 0.00000121. The summed E-state index contributed by atoms with van der Waals surface area (Å²) in [5.41, 5.74) is 12.0. The molecule has 26 heavy (non-hydrogen) atoms. The smallest absolute Gasteiger partial charge is 0.198 e. The molecule has 0 saturated carbocycles. The van der Waals surface area contributed by atoms with Gasteiger partial charge in [0.05, 0.1) is 23.8 Å². The first-order valence-electron chi connectivity index (χ1n) is 7.90. The fourth-order valence-electron chi connectivity index (χ4n) is 3.05. The second-order valence-corrected chi connectivity index (χ2v) is 5.91. The molecule has 8 heteroatoms. The maximum Gasteiger partial charge on any atom is 0.198 e. The number of nitrogens with two attached hydrogens (primary N) is 1. The summed E-state index contributed by atoms with van der Waals surface area (Å²) < 4.78 is 7.36. The fourth-order valence-corrected chi connectivity index (χ4v) is 3.05. The minimum Gasteiger partial charge on any atom is -0.497 e. The number of pyridine rings is 1. The Morgan fingerprint density at radius 2 is 1.92 bits per heavy atom. The molecule has 4 rings (SSSR count). The first-order valence-corrected chi connectivity index (χ1v) is 7.90. The van der Waals surface area contributed by atoms with E-state index < -0.39 is 0 Å². The quantitative estimate of drug-likeness (QED) is 0.553. The van der Waals surface area contributed by atoms with Crippen LogP contribution in [0.4, 0.5) is 5.95 Å². The number of aromatic amines is 1. The lowest BCUT2D eigenvalue weighted by molar-refractivity contribution is 0.414. The largest absolute Gasteiger partial charge is 0.497 e. The van der Waals surface area contributed by atoms with Crippen LogP contribution in [0.1, 0.15) is 17.0 Å². The van der Waals surface area contributed by atoms with Crippen LogP contribution in [0.5, 0.6) is 5.75 Å². The van der Waals surface area contributed by atoms with E-state index in [1.165, 1.54) is 5.56 Å². The van der Waals surface area contributed by atoms with Crippen molar-refractivity contribution in [2.24, 2.45) is 0 Å². The molecule has 3 N–H and O–H groups in total. The van der Waals surface area contributed by atoms with E-state index in [1.807, 2.05) is 24.4 Å². The zero-order chi connectivity index (χ0) is 16.7. The van der Waals surface area contributed by atoms with Crippen molar-refractivity contribution in [2.45, 2.75) is 19.8 Å². The van der Waals surface area contributed by atoms with E-state index >= 15 is 0 Å². The van der Waals surface area contributed by atoms with Gasteiger partial charge in [-0.3, -0.25) is 0 Å². The number of rotatable bonds is 4. The summed E-state index contributed by atoms with van der Waals surface area (Å²) in [6.45, 7) is 2.10. The molecular formula is C18H21Cl2N5O. The molecule has 0 fully saturated rings. The van der Waals surface area contributed by atoms with Crippen LogP contribution in [0, 0.1) is 6.92 Å². The van der Waals surface area contributed by atoms with Crippen LogP contribution in [-0.2, 0) is 12.8 Å². The molecule has 0 unspecified atom stereocenters. The number of hydrogen-bond donors (Lipinski definition) is 2. The lowest BCUT2D eigenvalue weighted by Crippen LogP contribution is -1.95. The van der Waals surface area contributed by atoms with Gasteiger partial charge in [0.25, 0.3) is 0 Å². The molecular weight excluding hydrogens is 373 g/mol. The first-order chi connectivity index (χ1) is 11.6. The third-order valence-corrected chi connectivity index (χ3v) is 4.39. The Labute approximate surface area is 163 Å². The molecule has 0 bridgehead atoms. The lowest BCUT2D eigenvalue weighted by atomic mass is 10.1. The van der Waals surface area contributed by atoms with Crippen molar-refractivity contribution >= 4 is 47.4 Å². The molecule has 4 aromatic rings. The molecule has 6 nitrogen and oxygen atoms in total. The standard InChI is InChI=1S/C18H19N5O.2ClH/c1-11-14(20-17-10-13(24-2)7-8-23(11)17)5-3-12-4-6-15-16(9-12)22-18(19)21-15;;/h4,6-10H,3,5H2,1-2H3,(H3,19,21,22);2*1H. The summed E-state index contributed by atoms with van der Waals surface area (Å²) in [5.74, 6) is 1.27. The van der Waals surface area contributed by atoms with Gasteiger partial charge in [-0.1, -0.05) is 6.07 Å². The van der Waals surface area contributed by atoms with Gasteiger partial charge in [-0.25, -0.2) is 9.97 Å². The molecule has 0 amide bonds. The molecule has 0 aliphatic carbocycles. The Morgan fingerprint density at radius 1 is 1.12 bits per heavy atom. The Bertz CT molecular complexity index is 1040. The highest BCUT2D eigenvalue weighted by atomic mass is 35.5. The van der Waals surface area contributed by atoms with Crippen LogP contribution in [-0.4, -0.2) is 26.5 Å². The maximum absolute atomic E-state index is 5.70. The van der Waals surface area contributed by atoms with E-state index in [2.05, 4.69) is 33.4 Å². The van der Waals surface area contributed by atoms with Gasteiger partial charge < -0.3 is 19.9 Å². The van der Waals surface area contributed by atoms with Crippen LogP contribution in [0.2, 0.25) is 0 Å². The number of H-pyrrole nitrogens is 1. The molecule has 3 aromatic heterocycles. The summed E-state index contributed by atoms with van der Waals surface area (Å²) in [6, 6.07) is 10.1. The molecule has 3 heterocycles. The number of benzene rings is 1. The number of hydrogen-bond acceptors (Lipinski definition) is 4. The van der Waals surface area contributed by atoms with Crippen LogP contribution in [0.25, 0.3) is 16.7 Å². The number of aromatic nitrogens is 4. The number of nitrogens with one attached hydrogen (secondary N) is 1. The number of nitrogens with zero attached hydrogens (tertiary/aromatic N) is 3. The molecule has 1 aromatic carbocycles. The number of aryl methyl sites for hydroxylation is 3. The number of halogens is 2. The number of nitrogen functional groups attached to an aromatic ring is 1. The normalized spacial score (nSPS) is 10.5. The third kappa shape index (κ3) is 3.57. The Hall–Kier alpha value is -2.44. The van der Waals surface area contributed by atoms with Gasteiger partial charge >= 0.3 is 0 Å². The molecule has 0 radical (unpaired) electrons. The minimum atomic E-state index is 0. The van der Waals surface area contributed by atoms with Crippen LogP contribution < -0.4 is 10.5 Å². The summed E-state index contributed by atoms with van der Waals surface area (Å²) in [5, 5.41) is 0. The zero-order valence-corrected chi connectivity index (χ0v) is 16.2. The predicted molar refractivity (Wildman–Crippen MR) is 109 cm³/mol. The van der Waals surface area contributed by atoms with Crippen molar-refractivity contribution in [3.8, 4) is 5.75 Å². The maximum atomic E-state index is 5.70. The van der Waals surface area contributed by atoms with Crippen molar-refractivity contribution in [1.82, 2.24) is 19.4 Å². The highest BCUT2D eigenvalue weighted by molar-refractivity contribution is 5.85. The summed E-state index contributed by atoms with van der Waals surface area (Å²) >= 11 is 0. The first kappa shape index (κ1) is 19.9. The second kappa shape index (κ2) is 7.85. The Kier molecular flexibility index (Phi) is 6.00. The van der Waals surface area contributed by atoms with Gasteiger partial charge in [-0.05, 0) is 43.5 Å². The number of methoxy groups -OCH3 is 1. The SMILES string of the molecule is COc1ccn2c(C)c(CCc3ccc4[nH]c(N)nc4c3)nc2c1.Cl.Cl. The third-order valence-electron chi connectivity index (χ3n) is 4.39. The van der Waals surface area contributed by atoms with Crippen molar-refractivity contribution in [3.63, 3.8) is 0 Å². The highest BCUT2D eigenvalue weighted by Gasteiger charge is 2.10. The topological polar surface area (TPSA) is 81.2 Å². The Morgan fingerprint density at radius 3 is 2.69 bits per heavy atom. The van der Waals surface area contributed by atoms with E-state index in [9.17, 15) is 0 Å². The van der Waals surface area contributed by atoms with Crippen molar-refractivity contribution in [2.75, 3.05) is 12.8 Å². The second-order valence-electron chi connectivity index (χ2n) is 5.91. The van der Waals surface area contributed by atoms with E-state index in [0.717, 1.165) is 46.7 Å². The van der Waals surface area contributed by atoms with Gasteiger partial charge in [0.1, 0.15) is 11.4 Å².